The van der Waals surface area contributed by atoms with Crippen LogP contribution in [0.1, 0.15) is 62.4 Å². The van der Waals surface area contributed by atoms with E-state index < -0.39 is 0 Å². The van der Waals surface area contributed by atoms with Crippen LogP contribution in [-0.4, -0.2) is 42.0 Å². The third-order valence-electron chi connectivity index (χ3n) is 5.88. The zero-order chi connectivity index (χ0) is 23.1. The van der Waals surface area contributed by atoms with Crippen LogP contribution in [0, 0.1) is 6.92 Å². The lowest BCUT2D eigenvalue weighted by Crippen LogP contribution is -2.49. The summed E-state index contributed by atoms with van der Waals surface area (Å²) in [5.74, 6) is 1.18. The quantitative estimate of drug-likeness (QED) is 0.615. The van der Waals surface area contributed by atoms with Crippen molar-refractivity contribution in [1.29, 1.82) is 0 Å². The van der Waals surface area contributed by atoms with Crippen LogP contribution in [0.5, 0.6) is 11.5 Å². The van der Waals surface area contributed by atoms with Gasteiger partial charge in [0.2, 0.25) is 0 Å². The van der Waals surface area contributed by atoms with Crippen molar-refractivity contribution in [3.05, 3.63) is 53.6 Å². The Balaban J connectivity index is 1.55. The van der Waals surface area contributed by atoms with E-state index in [4.69, 9.17) is 9.47 Å². The van der Waals surface area contributed by atoms with Gasteiger partial charge >= 0.3 is 0 Å². The number of aryl methyl sites for hydroxylation is 1. The van der Waals surface area contributed by atoms with Crippen molar-refractivity contribution in [1.82, 2.24) is 4.90 Å². The van der Waals surface area contributed by atoms with Crippen LogP contribution in [0.3, 0.4) is 0 Å². The second-order valence-electron chi connectivity index (χ2n) is 8.52. The fraction of sp³-hybridized carbons (Fsp3) is 0.462. The second-order valence-corrected chi connectivity index (χ2v) is 8.52. The Morgan fingerprint density at radius 2 is 1.66 bits per heavy atom. The van der Waals surface area contributed by atoms with Crippen LogP contribution in [0.2, 0.25) is 0 Å². The lowest BCUT2D eigenvalue weighted by Gasteiger charge is -2.38. The molecule has 2 amide bonds. The van der Waals surface area contributed by atoms with Crippen LogP contribution in [0.25, 0.3) is 0 Å². The van der Waals surface area contributed by atoms with Gasteiger partial charge in [-0.25, -0.2) is 0 Å². The topological polar surface area (TPSA) is 67.9 Å². The monoisotopic (exact) mass is 438 g/mol. The molecule has 3 rings (SSSR count). The molecule has 2 atom stereocenters. The fourth-order valence-electron chi connectivity index (χ4n) is 4.12. The Hall–Kier alpha value is -3.02. The number of nitrogens with one attached hydrogen (secondary N) is 1. The number of hydrogen-bond donors (Lipinski definition) is 1. The molecule has 0 radical (unpaired) electrons. The zero-order valence-corrected chi connectivity index (χ0v) is 19.5. The summed E-state index contributed by atoms with van der Waals surface area (Å²) in [5, 5.41) is 2.94. The maximum atomic E-state index is 12.6. The molecule has 1 heterocycles. The van der Waals surface area contributed by atoms with Gasteiger partial charge in [0.05, 0.1) is 6.61 Å². The van der Waals surface area contributed by atoms with Gasteiger partial charge in [0.15, 0.2) is 6.61 Å². The highest BCUT2D eigenvalue weighted by atomic mass is 16.5. The predicted octanol–water partition coefficient (Wildman–Crippen LogP) is 5.20. The molecule has 1 aliphatic rings. The molecular weight excluding hydrogens is 404 g/mol. The van der Waals surface area contributed by atoms with Crippen LogP contribution < -0.4 is 14.8 Å². The molecule has 32 heavy (non-hydrogen) atoms. The Kier molecular flexibility index (Phi) is 8.14. The van der Waals surface area contributed by atoms with Crippen molar-refractivity contribution in [3.8, 4) is 11.5 Å². The first kappa shape index (κ1) is 23.6. The molecule has 172 valence electrons. The molecule has 1 fully saturated rings. The Labute approximate surface area is 190 Å². The number of benzene rings is 2. The van der Waals surface area contributed by atoms with Gasteiger partial charge in [-0.3, -0.25) is 9.59 Å². The second kappa shape index (κ2) is 11.0. The lowest BCUT2D eigenvalue weighted by atomic mass is 9.97. The summed E-state index contributed by atoms with van der Waals surface area (Å²) < 4.78 is 11.3. The van der Waals surface area contributed by atoms with Crippen LogP contribution in [0.4, 0.5) is 5.69 Å². The smallest absolute Gasteiger partial charge is 0.260 e. The van der Waals surface area contributed by atoms with Gasteiger partial charge < -0.3 is 19.7 Å². The van der Waals surface area contributed by atoms with Gasteiger partial charge in [-0.05, 0) is 94.5 Å². The number of rotatable bonds is 8. The average molecular weight is 439 g/mol. The van der Waals surface area contributed by atoms with E-state index in [2.05, 4.69) is 26.1 Å². The van der Waals surface area contributed by atoms with E-state index >= 15 is 0 Å². The highest BCUT2D eigenvalue weighted by molar-refractivity contribution is 6.04. The standard InChI is InChI=1S/C26H34N2O4/c1-5-15-31-23-13-14-24(18(2)16-23)27-26(30)21-9-11-22(12-10-21)32-17-25(29)28-19(3)7-6-8-20(28)4/h9-14,16,19-20H,5-8,15,17H2,1-4H3,(H,27,30). The summed E-state index contributed by atoms with van der Waals surface area (Å²) in [4.78, 5) is 27.2. The maximum Gasteiger partial charge on any atom is 0.260 e. The summed E-state index contributed by atoms with van der Waals surface area (Å²) in [5.41, 5.74) is 2.20. The minimum Gasteiger partial charge on any atom is -0.494 e. The van der Waals surface area contributed by atoms with Gasteiger partial charge in [0.25, 0.3) is 11.8 Å². The lowest BCUT2D eigenvalue weighted by molar-refractivity contribution is -0.139. The first-order valence-electron chi connectivity index (χ1n) is 11.5. The van der Waals surface area contributed by atoms with E-state index in [-0.39, 0.29) is 30.5 Å². The molecule has 1 saturated heterocycles. The van der Waals surface area contributed by atoms with E-state index in [1.807, 2.05) is 30.0 Å². The number of piperidine rings is 1. The third kappa shape index (κ3) is 6.02. The molecule has 2 aromatic carbocycles. The van der Waals surface area contributed by atoms with Crippen LogP contribution in [-0.2, 0) is 4.79 Å². The first-order valence-corrected chi connectivity index (χ1v) is 11.5. The summed E-state index contributed by atoms with van der Waals surface area (Å²) in [6, 6.07) is 13.0. The number of ether oxygens (including phenoxy) is 2. The van der Waals surface area contributed by atoms with Crippen molar-refractivity contribution < 1.29 is 19.1 Å². The molecule has 0 aliphatic carbocycles. The minimum atomic E-state index is -0.200. The SMILES string of the molecule is CCCOc1ccc(NC(=O)c2ccc(OCC(=O)N3C(C)CCCC3C)cc2)c(C)c1. The van der Waals surface area contributed by atoms with E-state index in [1.165, 1.54) is 0 Å². The highest BCUT2D eigenvalue weighted by Crippen LogP contribution is 2.24. The number of carbonyl (C=O) groups is 2. The molecule has 6 nitrogen and oxygen atoms in total. The van der Waals surface area contributed by atoms with Gasteiger partial charge in [0.1, 0.15) is 11.5 Å². The molecule has 0 aromatic heterocycles. The summed E-state index contributed by atoms with van der Waals surface area (Å²) in [6.07, 6.45) is 4.18. The number of anilines is 1. The predicted molar refractivity (Wildman–Crippen MR) is 126 cm³/mol. The van der Waals surface area contributed by atoms with Crippen molar-refractivity contribution >= 4 is 17.5 Å². The number of hydrogen-bond acceptors (Lipinski definition) is 4. The normalized spacial score (nSPS) is 18.2. The van der Waals surface area contributed by atoms with Crippen molar-refractivity contribution in [2.24, 2.45) is 0 Å². The molecule has 0 bridgehead atoms. The number of carbonyl (C=O) groups excluding carboxylic acids is 2. The maximum absolute atomic E-state index is 12.6. The first-order chi connectivity index (χ1) is 15.4. The van der Waals surface area contributed by atoms with Crippen molar-refractivity contribution in [2.75, 3.05) is 18.5 Å². The summed E-state index contributed by atoms with van der Waals surface area (Å²) >= 11 is 0. The van der Waals surface area contributed by atoms with E-state index in [0.717, 1.165) is 42.7 Å². The molecule has 0 saturated carbocycles. The summed E-state index contributed by atoms with van der Waals surface area (Å²) in [6.45, 7) is 8.85. The highest BCUT2D eigenvalue weighted by Gasteiger charge is 2.28. The molecule has 2 aromatic rings. The van der Waals surface area contributed by atoms with Gasteiger partial charge in [-0.15, -0.1) is 0 Å². The van der Waals surface area contributed by atoms with Crippen molar-refractivity contribution in [3.63, 3.8) is 0 Å². The summed E-state index contributed by atoms with van der Waals surface area (Å²) in [7, 11) is 0. The van der Waals surface area contributed by atoms with E-state index in [1.54, 1.807) is 24.3 Å². The van der Waals surface area contributed by atoms with Gasteiger partial charge in [0, 0.05) is 23.3 Å². The third-order valence-corrected chi connectivity index (χ3v) is 5.88. The molecule has 0 spiro atoms. The number of nitrogens with zero attached hydrogens (tertiary/aromatic N) is 1. The average Bonchev–Trinajstić information content (AvgIpc) is 2.78. The Morgan fingerprint density at radius 3 is 2.28 bits per heavy atom. The molecule has 6 heteroatoms. The molecular formula is C26H34N2O4. The van der Waals surface area contributed by atoms with Crippen LogP contribution >= 0.6 is 0 Å². The number of likely N-dealkylation sites (tertiary alicyclic amines) is 1. The van der Waals surface area contributed by atoms with Gasteiger partial charge in [-0.2, -0.15) is 0 Å². The zero-order valence-electron chi connectivity index (χ0n) is 19.5. The Bertz CT molecular complexity index is 916. The van der Waals surface area contributed by atoms with Gasteiger partial charge in [-0.1, -0.05) is 6.92 Å². The molecule has 1 N–H and O–H groups in total. The van der Waals surface area contributed by atoms with E-state index in [9.17, 15) is 9.59 Å². The molecule has 2 unspecified atom stereocenters. The molecule has 1 aliphatic heterocycles. The number of amides is 2. The van der Waals surface area contributed by atoms with E-state index in [0.29, 0.717) is 17.9 Å². The van der Waals surface area contributed by atoms with Crippen LogP contribution in [0.15, 0.2) is 42.5 Å². The van der Waals surface area contributed by atoms with Crippen molar-refractivity contribution in [2.45, 2.75) is 65.5 Å². The fourth-order valence-corrected chi connectivity index (χ4v) is 4.12. The largest absolute Gasteiger partial charge is 0.494 e. The minimum absolute atomic E-state index is 0.00582. The Morgan fingerprint density at radius 1 is 1.00 bits per heavy atom.